The SMILES string of the molecule is O=C(Nc1ccc(N2CCOCC2)cc1)C(c1cccc(F)c1)N(Cc1ccc(F)cc1)C(=O)Cc1ccccc1. The molecule has 0 saturated carbocycles. The summed E-state index contributed by atoms with van der Waals surface area (Å²) in [5.41, 5.74) is 3.31. The Labute approximate surface area is 238 Å². The molecule has 0 bridgehead atoms. The average Bonchev–Trinajstić information content (AvgIpc) is 2.99. The highest BCUT2D eigenvalue weighted by Crippen LogP contribution is 2.28. The van der Waals surface area contributed by atoms with Gasteiger partial charge in [-0.2, -0.15) is 0 Å². The molecule has 4 aromatic rings. The molecule has 1 aliphatic heterocycles. The van der Waals surface area contributed by atoms with E-state index < -0.39 is 23.6 Å². The van der Waals surface area contributed by atoms with E-state index in [1.54, 1.807) is 30.3 Å². The first-order valence-corrected chi connectivity index (χ1v) is 13.5. The number of hydrogen-bond donors (Lipinski definition) is 1. The Kier molecular flexibility index (Phi) is 9.01. The smallest absolute Gasteiger partial charge is 0.251 e. The molecule has 0 radical (unpaired) electrons. The zero-order chi connectivity index (χ0) is 28.6. The first kappa shape index (κ1) is 28.0. The molecule has 41 heavy (non-hydrogen) atoms. The van der Waals surface area contributed by atoms with Gasteiger partial charge in [-0.1, -0.05) is 54.6 Å². The highest BCUT2D eigenvalue weighted by atomic mass is 19.1. The molecule has 0 aromatic heterocycles. The van der Waals surface area contributed by atoms with E-state index in [1.807, 2.05) is 42.5 Å². The number of hydrogen-bond acceptors (Lipinski definition) is 4. The summed E-state index contributed by atoms with van der Waals surface area (Å²) in [4.78, 5) is 31.4. The molecule has 0 spiro atoms. The Morgan fingerprint density at radius 2 is 1.51 bits per heavy atom. The minimum absolute atomic E-state index is 0.0243. The second-order valence-corrected chi connectivity index (χ2v) is 9.90. The van der Waals surface area contributed by atoms with Gasteiger partial charge in [0.1, 0.15) is 17.7 Å². The zero-order valence-electron chi connectivity index (χ0n) is 22.5. The predicted octanol–water partition coefficient (Wildman–Crippen LogP) is 5.75. The summed E-state index contributed by atoms with van der Waals surface area (Å²) in [7, 11) is 0. The lowest BCUT2D eigenvalue weighted by Gasteiger charge is -2.32. The first-order valence-electron chi connectivity index (χ1n) is 13.5. The van der Waals surface area contributed by atoms with E-state index in [4.69, 9.17) is 4.74 Å². The number of halogens is 2. The lowest BCUT2D eigenvalue weighted by molar-refractivity contribution is -0.139. The van der Waals surface area contributed by atoms with Crippen molar-refractivity contribution in [2.24, 2.45) is 0 Å². The molecule has 8 heteroatoms. The zero-order valence-corrected chi connectivity index (χ0v) is 22.5. The normalized spacial score (nSPS) is 13.9. The third-order valence-electron chi connectivity index (χ3n) is 7.02. The van der Waals surface area contributed by atoms with Crippen molar-refractivity contribution in [1.82, 2.24) is 4.90 Å². The Balaban J connectivity index is 1.46. The van der Waals surface area contributed by atoms with Crippen molar-refractivity contribution in [1.29, 1.82) is 0 Å². The van der Waals surface area contributed by atoms with Crippen LogP contribution in [-0.4, -0.2) is 43.0 Å². The number of carbonyl (C=O) groups is 2. The van der Waals surface area contributed by atoms with E-state index in [9.17, 15) is 18.4 Å². The monoisotopic (exact) mass is 555 g/mol. The molecule has 6 nitrogen and oxygen atoms in total. The summed E-state index contributed by atoms with van der Waals surface area (Å²) in [5, 5.41) is 2.93. The number of morpholine rings is 1. The highest BCUT2D eigenvalue weighted by molar-refractivity contribution is 5.98. The van der Waals surface area contributed by atoms with Gasteiger partial charge in [-0.15, -0.1) is 0 Å². The van der Waals surface area contributed by atoms with Crippen molar-refractivity contribution in [3.63, 3.8) is 0 Å². The Hall–Kier alpha value is -4.56. The van der Waals surface area contributed by atoms with E-state index in [0.717, 1.165) is 24.3 Å². The lowest BCUT2D eigenvalue weighted by atomic mass is 10.0. The molecule has 1 N–H and O–H groups in total. The largest absolute Gasteiger partial charge is 0.378 e. The van der Waals surface area contributed by atoms with Crippen molar-refractivity contribution < 1.29 is 23.1 Å². The van der Waals surface area contributed by atoms with Crippen LogP contribution in [0.2, 0.25) is 0 Å². The second-order valence-electron chi connectivity index (χ2n) is 9.90. The van der Waals surface area contributed by atoms with Gasteiger partial charge in [0.2, 0.25) is 5.91 Å². The topological polar surface area (TPSA) is 61.9 Å². The average molecular weight is 556 g/mol. The molecule has 2 amide bonds. The Bertz CT molecular complexity index is 1460. The summed E-state index contributed by atoms with van der Waals surface area (Å²) in [6, 6.07) is 27.0. The summed E-state index contributed by atoms with van der Waals surface area (Å²) in [6.45, 7) is 2.92. The molecular formula is C33H31F2N3O3. The van der Waals surface area contributed by atoms with Crippen LogP contribution in [0.25, 0.3) is 0 Å². The van der Waals surface area contributed by atoms with Crippen LogP contribution in [0.5, 0.6) is 0 Å². The third kappa shape index (κ3) is 7.35. The number of nitrogens with zero attached hydrogens (tertiary/aromatic N) is 2. The summed E-state index contributed by atoms with van der Waals surface area (Å²) in [5.74, 6) is -1.74. The van der Waals surface area contributed by atoms with Crippen LogP contribution < -0.4 is 10.2 Å². The van der Waals surface area contributed by atoms with Gasteiger partial charge in [-0.3, -0.25) is 9.59 Å². The quantitative estimate of drug-likeness (QED) is 0.286. The van der Waals surface area contributed by atoms with Crippen LogP contribution in [-0.2, 0) is 27.3 Å². The Morgan fingerprint density at radius 3 is 2.20 bits per heavy atom. The molecule has 1 fully saturated rings. The predicted molar refractivity (Wildman–Crippen MR) is 154 cm³/mol. The number of ether oxygens (including phenoxy) is 1. The minimum Gasteiger partial charge on any atom is -0.378 e. The number of anilines is 2. The molecule has 1 aliphatic rings. The van der Waals surface area contributed by atoms with Crippen molar-refractivity contribution >= 4 is 23.2 Å². The Morgan fingerprint density at radius 1 is 0.805 bits per heavy atom. The van der Waals surface area contributed by atoms with Crippen molar-refractivity contribution in [2.45, 2.75) is 19.0 Å². The molecule has 5 rings (SSSR count). The number of rotatable bonds is 9. The van der Waals surface area contributed by atoms with Crippen molar-refractivity contribution in [3.8, 4) is 0 Å². The van der Waals surface area contributed by atoms with Gasteiger partial charge in [-0.25, -0.2) is 8.78 Å². The van der Waals surface area contributed by atoms with Crippen molar-refractivity contribution in [3.05, 3.63) is 131 Å². The number of benzene rings is 4. The first-order chi connectivity index (χ1) is 20.0. The van der Waals surface area contributed by atoms with E-state index in [1.165, 1.54) is 35.2 Å². The maximum absolute atomic E-state index is 14.4. The van der Waals surface area contributed by atoms with Gasteiger partial charge in [0.15, 0.2) is 0 Å². The van der Waals surface area contributed by atoms with Gasteiger partial charge < -0.3 is 19.9 Å². The van der Waals surface area contributed by atoms with Crippen LogP contribution in [0.1, 0.15) is 22.7 Å². The fourth-order valence-corrected chi connectivity index (χ4v) is 4.92. The fraction of sp³-hybridized carbons (Fsp3) is 0.212. The maximum Gasteiger partial charge on any atom is 0.251 e. The third-order valence-corrected chi connectivity index (χ3v) is 7.02. The van der Waals surface area contributed by atoms with Gasteiger partial charge in [-0.05, 0) is 65.2 Å². The van der Waals surface area contributed by atoms with Gasteiger partial charge in [0.05, 0.1) is 19.6 Å². The standard InChI is InChI=1S/C33H31F2N3O3/c34-27-11-9-25(10-12-27)23-38(31(39)21-24-5-2-1-3-6-24)32(26-7-4-8-28(35)22-26)33(40)36-29-13-15-30(16-14-29)37-17-19-41-20-18-37/h1-16,22,32H,17-21,23H2,(H,36,40). The van der Waals surface area contributed by atoms with E-state index >= 15 is 0 Å². The molecule has 1 unspecified atom stereocenters. The summed E-state index contributed by atoms with van der Waals surface area (Å²) in [6.07, 6.45) is 0.0371. The van der Waals surface area contributed by atoms with Crippen LogP contribution in [0.4, 0.5) is 20.2 Å². The maximum atomic E-state index is 14.4. The molecule has 4 aromatic carbocycles. The lowest BCUT2D eigenvalue weighted by Crippen LogP contribution is -2.41. The van der Waals surface area contributed by atoms with E-state index in [2.05, 4.69) is 10.2 Å². The van der Waals surface area contributed by atoms with E-state index in [0.29, 0.717) is 30.0 Å². The van der Waals surface area contributed by atoms with Gasteiger partial charge in [0, 0.05) is 31.0 Å². The fourth-order valence-electron chi connectivity index (χ4n) is 4.92. The molecule has 1 saturated heterocycles. The number of amides is 2. The van der Waals surface area contributed by atoms with Crippen LogP contribution in [0, 0.1) is 11.6 Å². The number of nitrogens with one attached hydrogen (secondary N) is 1. The van der Waals surface area contributed by atoms with Gasteiger partial charge in [0.25, 0.3) is 5.91 Å². The summed E-state index contributed by atoms with van der Waals surface area (Å²) >= 11 is 0. The molecule has 210 valence electrons. The van der Waals surface area contributed by atoms with Crippen LogP contribution in [0.15, 0.2) is 103 Å². The number of carbonyl (C=O) groups excluding carboxylic acids is 2. The van der Waals surface area contributed by atoms with Crippen LogP contribution in [0.3, 0.4) is 0 Å². The highest BCUT2D eigenvalue weighted by Gasteiger charge is 2.32. The van der Waals surface area contributed by atoms with Gasteiger partial charge >= 0.3 is 0 Å². The van der Waals surface area contributed by atoms with Crippen molar-refractivity contribution in [2.75, 3.05) is 36.5 Å². The molecule has 0 aliphatic carbocycles. The molecule has 1 heterocycles. The minimum atomic E-state index is -1.15. The summed E-state index contributed by atoms with van der Waals surface area (Å²) < 4.78 is 33.5. The van der Waals surface area contributed by atoms with Crippen LogP contribution >= 0.6 is 0 Å². The van der Waals surface area contributed by atoms with E-state index in [-0.39, 0.29) is 18.9 Å². The second kappa shape index (κ2) is 13.2. The molecule has 1 atom stereocenters. The molecular weight excluding hydrogens is 524 g/mol.